The number of nitrogens with two attached hydrogens (primary N) is 1. The van der Waals surface area contributed by atoms with Gasteiger partial charge in [-0.05, 0) is 49.8 Å². The lowest BCUT2D eigenvalue weighted by molar-refractivity contribution is 0.122. The van der Waals surface area contributed by atoms with Gasteiger partial charge < -0.3 is 5.73 Å². The van der Waals surface area contributed by atoms with Crippen molar-refractivity contribution in [2.45, 2.75) is 44.7 Å². The van der Waals surface area contributed by atoms with Crippen LogP contribution in [0.4, 0.5) is 8.78 Å². The molecular weight excluding hydrogens is 336 g/mol. The molecule has 0 unspecified atom stereocenters. The van der Waals surface area contributed by atoms with Crippen LogP contribution in [0, 0.1) is 5.92 Å². The third-order valence-corrected chi connectivity index (χ3v) is 5.34. The summed E-state index contributed by atoms with van der Waals surface area (Å²) in [4.78, 5) is 0. The van der Waals surface area contributed by atoms with E-state index in [1.54, 1.807) is 12.4 Å². The number of nitrogens with zero attached hydrogens (tertiary/aromatic N) is 4. The highest BCUT2D eigenvalue weighted by Crippen LogP contribution is 2.32. The number of benzene rings is 1. The van der Waals surface area contributed by atoms with Crippen LogP contribution in [0.15, 0.2) is 36.8 Å². The van der Waals surface area contributed by atoms with Crippen LogP contribution in [0.1, 0.15) is 31.7 Å². The molecule has 0 radical (unpaired) electrons. The maximum Gasteiger partial charge on any atom is 0.257 e. The van der Waals surface area contributed by atoms with E-state index in [1.165, 1.54) is 4.68 Å². The van der Waals surface area contributed by atoms with E-state index in [0.29, 0.717) is 12.0 Å². The molecule has 3 aromatic rings. The number of rotatable bonds is 5. The predicted octanol–water partition coefficient (Wildman–Crippen LogP) is 3.85. The number of fused-ring (bicyclic) bond motifs is 1. The molecule has 0 bridgehead atoms. The lowest BCUT2D eigenvalue weighted by Gasteiger charge is -2.27. The Morgan fingerprint density at radius 3 is 2.65 bits per heavy atom. The molecule has 0 amide bonds. The van der Waals surface area contributed by atoms with Crippen molar-refractivity contribution in [3.63, 3.8) is 0 Å². The summed E-state index contributed by atoms with van der Waals surface area (Å²) >= 11 is 0. The summed E-state index contributed by atoms with van der Waals surface area (Å²) in [5.41, 5.74) is 8.46. The highest BCUT2D eigenvalue weighted by Gasteiger charge is 2.22. The minimum atomic E-state index is -2.41. The van der Waals surface area contributed by atoms with E-state index in [9.17, 15) is 8.78 Å². The third kappa shape index (κ3) is 3.49. The molecular formula is C19H23F2N5. The SMILES string of the molecule is NC[C@H]1CC[C@H](n2cc3ccc(-c4cnn(CC(F)F)c4)cc3n2)CC1. The summed E-state index contributed by atoms with van der Waals surface area (Å²) in [6, 6.07) is 6.46. The maximum absolute atomic E-state index is 12.5. The highest BCUT2D eigenvalue weighted by atomic mass is 19.3. The Hall–Kier alpha value is -2.28. The summed E-state index contributed by atoms with van der Waals surface area (Å²) in [5, 5.41) is 9.87. The van der Waals surface area contributed by atoms with Crippen molar-refractivity contribution >= 4 is 10.9 Å². The molecule has 0 spiro atoms. The molecule has 2 N–H and O–H groups in total. The molecule has 1 aromatic carbocycles. The molecule has 0 aliphatic heterocycles. The normalized spacial score (nSPS) is 20.9. The molecule has 7 heteroatoms. The fourth-order valence-electron chi connectivity index (χ4n) is 3.80. The fourth-order valence-corrected chi connectivity index (χ4v) is 3.80. The quantitative estimate of drug-likeness (QED) is 0.752. The molecule has 0 saturated heterocycles. The van der Waals surface area contributed by atoms with Gasteiger partial charge in [-0.1, -0.05) is 12.1 Å². The van der Waals surface area contributed by atoms with Crippen molar-refractivity contribution in [1.82, 2.24) is 19.6 Å². The van der Waals surface area contributed by atoms with Gasteiger partial charge >= 0.3 is 0 Å². The summed E-state index contributed by atoms with van der Waals surface area (Å²) in [7, 11) is 0. The van der Waals surface area contributed by atoms with Crippen molar-refractivity contribution in [2.75, 3.05) is 6.54 Å². The topological polar surface area (TPSA) is 61.7 Å². The van der Waals surface area contributed by atoms with E-state index in [1.807, 2.05) is 18.2 Å². The van der Waals surface area contributed by atoms with E-state index in [-0.39, 0.29) is 6.54 Å². The standard InChI is InChI=1S/C19H23F2N5/c20-19(21)12-25-10-16(9-23-25)14-3-4-15-11-26(24-18(15)7-14)17-5-1-13(8-22)2-6-17/h3-4,7,9-11,13,17,19H,1-2,5-6,8,12,22H2/t13-,17-. The molecule has 2 aromatic heterocycles. The van der Waals surface area contributed by atoms with Crippen LogP contribution in [-0.4, -0.2) is 32.5 Å². The van der Waals surface area contributed by atoms with Crippen molar-refractivity contribution < 1.29 is 8.78 Å². The zero-order valence-corrected chi connectivity index (χ0v) is 14.6. The Morgan fingerprint density at radius 1 is 1.12 bits per heavy atom. The van der Waals surface area contributed by atoms with Crippen LogP contribution in [0.3, 0.4) is 0 Å². The van der Waals surface area contributed by atoms with E-state index >= 15 is 0 Å². The van der Waals surface area contributed by atoms with Gasteiger partial charge in [-0.25, -0.2) is 8.78 Å². The van der Waals surface area contributed by atoms with Crippen LogP contribution in [0.5, 0.6) is 0 Å². The van der Waals surface area contributed by atoms with Crippen molar-refractivity contribution in [1.29, 1.82) is 0 Å². The molecule has 1 saturated carbocycles. The van der Waals surface area contributed by atoms with Gasteiger partial charge in [0.05, 0.1) is 17.8 Å². The molecule has 0 atom stereocenters. The predicted molar refractivity (Wildman–Crippen MR) is 97.0 cm³/mol. The van der Waals surface area contributed by atoms with Crippen molar-refractivity contribution in [2.24, 2.45) is 11.7 Å². The molecule has 4 rings (SSSR count). The summed E-state index contributed by atoms with van der Waals surface area (Å²) < 4.78 is 28.3. The van der Waals surface area contributed by atoms with Crippen LogP contribution >= 0.6 is 0 Å². The maximum atomic E-state index is 12.5. The zero-order valence-electron chi connectivity index (χ0n) is 14.6. The largest absolute Gasteiger partial charge is 0.330 e. The Morgan fingerprint density at radius 2 is 1.92 bits per heavy atom. The van der Waals surface area contributed by atoms with Gasteiger partial charge in [0.15, 0.2) is 0 Å². The molecule has 2 heterocycles. The first kappa shape index (κ1) is 17.1. The summed E-state index contributed by atoms with van der Waals surface area (Å²) in [6.07, 6.45) is 7.51. The number of hydrogen-bond acceptors (Lipinski definition) is 3. The minimum absolute atomic E-state index is 0.387. The second-order valence-electron chi connectivity index (χ2n) is 7.14. The van der Waals surface area contributed by atoms with Gasteiger partial charge in [-0.3, -0.25) is 9.36 Å². The zero-order chi connectivity index (χ0) is 18.1. The Kier molecular flexibility index (Phi) is 4.72. The molecule has 138 valence electrons. The molecule has 1 fully saturated rings. The van der Waals surface area contributed by atoms with Gasteiger partial charge in [0.2, 0.25) is 0 Å². The van der Waals surface area contributed by atoms with Gasteiger partial charge in [0, 0.05) is 23.3 Å². The highest BCUT2D eigenvalue weighted by molar-refractivity contribution is 5.83. The Balaban J connectivity index is 1.55. The molecule has 1 aliphatic rings. The summed E-state index contributed by atoms with van der Waals surface area (Å²) in [5.74, 6) is 0.646. The van der Waals surface area contributed by atoms with Gasteiger partial charge in [0.1, 0.15) is 6.54 Å². The fraction of sp³-hybridized carbons (Fsp3) is 0.474. The van der Waals surface area contributed by atoms with E-state index in [4.69, 9.17) is 10.8 Å². The van der Waals surface area contributed by atoms with Crippen LogP contribution in [0.2, 0.25) is 0 Å². The number of halogens is 2. The summed E-state index contributed by atoms with van der Waals surface area (Å²) in [6.45, 7) is 0.388. The average Bonchev–Trinajstić information content (AvgIpc) is 3.27. The van der Waals surface area contributed by atoms with Crippen LogP contribution < -0.4 is 5.73 Å². The Bertz CT molecular complexity index is 877. The van der Waals surface area contributed by atoms with Crippen molar-refractivity contribution in [3.05, 3.63) is 36.8 Å². The van der Waals surface area contributed by atoms with E-state index in [2.05, 4.69) is 16.0 Å². The Labute approximate surface area is 150 Å². The third-order valence-electron chi connectivity index (χ3n) is 5.34. The first-order valence-corrected chi connectivity index (χ1v) is 9.12. The van der Waals surface area contributed by atoms with Crippen LogP contribution in [-0.2, 0) is 6.54 Å². The van der Waals surface area contributed by atoms with E-state index < -0.39 is 6.43 Å². The second kappa shape index (κ2) is 7.15. The smallest absolute Gasteiger partial charge is 0.257 e. The van der Waals surface area contributed by atoms with E-state index in [0.717, 1.165) is 54.3 Å². The van der Waals surface area contributed by atoms with Gasteiger partial charge in [0.25, 0.3) is 6.43 Å². The number of hydrogen-bond donors (Lipinski definition) is 1. The number of alkyl halides is 2. The monoisotopic (exact) mass is 359 g/mol. The second-order valence-corrected chi connectivity index (χ2v) is 7.14. The lowest BCUT2D eigenvalue weighted by atomic mass is 9.86. The molecule has 1 aliphatic carbocycles. The average molecular weight is 359 g/mol. The minimum Gasteiger partial charge on any atom is -0.330 e. The first-order chi connectivity index (χ1) is 12.6. The van der Waals surface area contributed by atoms with Crippen molar-refractivity contribution in [3.8, 4) is 11.1 Å². The van der Waals surface area contributed by atoms with Crippen LogP contribution in [0.25, 0.3) is 22.0 Å². The molecule has 26 heavy (non-hydrogen) atoms. The lowest BCUT2D eigenvalue weighted by Crippen LogP contribution is -2.23. The van der Waals surface area contributed by atoms with Gasteiger partial charge in [-0.2, -0.15) is 10.2 Å². The van der Waals surface area contributed by atoms with Gasteiger partial charge in [-0.15, -0.1) is 0 Å². The first-order valence-electron chi connectivity index (χ1n) is 9.12. The number of aromatic nitrogens is 4. The molecule has 5 nitrogen and oxygen atoms in total.